The summed E-state index contributed by atoms with van der Waals surface area (Å²) >= 11 is 0. The number of benzene rings is 2. The third-order valence-corrected chi connectivity index (χ3v) is 4.54. The minimum absolute atomic E-state index is 0.197. The first-order valence-electron chi connectivity index (χ1n) is 8.64. The number of hydrogen-bond donors (Lipinski definition) is 1. The molecule has 0 atom stereocenters. The Morgan fingerprint density at radius 3 is 2.44 bits per heavy atom. The molecule has 3 aromatic rings. The lowest BCUT2D eigenvalue weighted by molar-refractivity contribution is 0.0993. The number of carbonyl (C=O) groups is 2. The highest BCUT2D eigenvalue weighted by atomic mass is 16.2. The molecule has 0 saturated heterocycles. The van der Waals surface area contributed by atoms with Crippen LogP contribution in [0.15, 0.2) is 66.9 Å². The monoisotopic (exact) mass is 359 g/mol. The van der Waals surface area contributed by atoms with Gasteiger partial charge in [-0.1, -0.05) is 30.3 Å². The standard InChI is InChI=1S/C22H21N3O2/c1-15-8-7-11-19(16(15)2)24-21(26)20-14-17(12-13-23-20)22(27)25(3)18-9-5-4-6-10-18/h4-14H,1-3H3,(H,24,26). The van der Waals surface area contributed by atoms with Crippen molar-refractivity contribution in [3.8, 4) is 0 Å². The molecule has 0 saturated carbocycles. The van der Waals surface area contributed by atoms with Crippen molar-refractivity contribution >= 4 is 23.2 Å². The maximum Gasteiger partial charge on any atom is 0.274 e. The fourth-order valence-corrected chi connectivity index (χ4v) is 2.72. The molecule has 1 heterocycles. The van der Waals surface area contributed by atoms with Gasteiger partial charge in [0.15, 0.2) is 0 Å². The Labute approximate surface area is 158 Å². The van der Waals surface area contributed by atoms with Crippen LogP contribution in [0.2, 0.25) is 0 Å². The SMILES string of the molecule is Cc1cccc(NC(=O)c2cc(C(=O)N(C)c3ccccc3)ccn2)c1C. The molecule has 0 radical (unpaired) electrons. The molecule has 2 amide bonds. The fraction of sp³-hybridized carbons (Fsp3) is 0.136. The Morgan fingerprint density at radius 1 is 0.963 bits per heavy atom. The van der Waals surface area contributed by atoms with Crippen molar-refractivity contribution in [3.05, 3.63) is 89.2 Å². The van der Waals surface area contributed by atoms with Gasteiger partial charge >= 0.3 is 0 Å². The van der Waals surface area contributed by atoms with E-state index in [1.807, 2.05) is 62.4 Å². The van der Waals surface area contributed by atoms with Gasteiger partial charge in [-0.05, 0) is 55.3 Å². The molecule has 2 aromatic carbocycles. The minimum Gasteiger partial charge on any atom is -0.320 e. The summed E-state index contributed by atoms with van der Waals surface area (Å²) < 4.78 is 0. The van der Waals surface area contributed by atoms with Crippen molar-refractivity contribution in [2.45, 2.75) is 13.8 Å². The van der Waals surface area contributed by atoms with Gasteiger partial charge in [0.25, 0.3) is 11.8 Å². The molecule has 0 aliphatic rings. The molecule has 1 aromatic heterocycles. The van der Waals surface area contributed by atoms with Crippen molar-refractivity contribution in [1.29, 1.82) is 0 Å². The van der Waals surface area contributed by atoms with Gasteiger partial charge in [-0.25, -0.2) is 0 Å². The topological polar surface area (TPSA) is 62.3 Å². The molecule has 0 fully saturated rings. The lowest BCUT2D eigenvalue weighted by atomic mass is 10.1. The summed E-state index contributed by atoms with van der Waals surface area (Å²) in [5.74, 6) is -0.551. The van der Waals surface area contributed by atoms with Crippen LogP contribution in [0.3, 0.4) is 0 Å². The van der Waals surface area contributed by atoms with Crippen molar-refractivity contribution in [2.75, 3.05) is 17.3 Å². The molecule has 0 aliphatic carbocycles. The summed E-state index contributed by atoms with van der Waals surface area (Å²) in [5.41, 5.74) is 4.21. The third-order valence-electron chi connectivity index (χ3n) is 4.54. The molecule has 5 nitrogen and oxygen atoms in total. The summed E-state index contributed by atoms with van der Waals surface area (Å²) in [4.78, 5) is 31.0. The summed E-state index contributed by atoms with van der Waals surface area (Å²) in [6.45, 7) is 3.94. The number of aryl methyl sites for hydroxylation is 1. The smallest absolute Gasteiger partial charge is 0.274 e. The van der Waals surface area contributed by atoms with Crippen LogP contribution < -0.4 is 10.2 Å². The molecule has 136 valence electrons. The van der Waals surface area contributed by atoms with E-state index in [1.165, 1.54) is 12.3 Å². The number of nitrogens with one attached hydrogen (secondary N) is 1. The van der Waals surface area contributed by atoms with E-state index in [-0.39, 0.29) is 17.5 Å². The minimum atomic E-state index is -0.347. The number of carbonyl (C=O) groups excluding carboxylic acids is 2. The van der Waals surface area contributed by atoms with Crippen LogP contribution >= 0.6 is 0 Å². The highest BCUT2D eigenvalue weighted by Gasteiger charge is 2.17. The lowest BCUT2D eigenvalue weighted by Crippen LogP contribution is -2.26. The van der Waals surface area contributed by atoms with Crippen LogP contribution in [-0.4, -0.2) is 23.8 Å². The number of hydrogen-bond acceptors (Lipinski definition) is 3. The molecule has 0 aliphatic heterocycles. The number of pyridine rings is 1. The van der Waals surface area contributed by atoms with E-state index in [0.29, 0.717) is 5.56 Å². The Bertz CT molecular complexity index is 984. The normalized spacial score (nSPS) is 10.3. The second-order valence-electron chi connectivity index (χ2n) is 6.33. The summed E-state index contributed by atoms with van der Waals surface area (Å²) in [6, 6.07) is 18.2. The van der Waals surface area contributed by atoms with Crippen molar-refractivity contribution in [3.63, 3.8) is 0 Å². The van der Waals surface area contributed by atoms with Gasteiger partial charge in [-0.2, -0.15) is 0 Å². The number of aromatic nitrogens is 1. The Kier molecular flexibility index (Phi) is 5.31. The molecule has 0 spiro atoms. The van der Waals surface area contributed by atoms with Crippen LogP contribution in [0.1, 0.15) is 32.0 Å². The molecule has 27 heavy (non-hydrogen) atoms. The highest BCUT2D eigenvalue weighted by Crippen LogP contribution is 2.19. The molecule has 0 bridgehead atoms. The predicted molar refractivity (Wildman–Crippen MR) is 107 cm³/mol. The first-order chi connectivity index (χ1) is 13.0. The van der Waals surface area contributed by atoms with Crippen molar-refractivity contribution in [2.24, 2.45) is 0 Å². The van der Waals surface area contributed by atoms with E-state index in [9.17, 15) is 9.59 Å². The van der Waals surface area contributed by atoms with Gasteiger partial charge in [0.2, 0.25) is 0 Å². The Hall–Kier alpha value is -3.47. The number of para-hydroxylation sites is 1. The fourth-order valence-electron chi connectivity index (χ4n) is 2.72. The molecule has 0 unspecified atom stereocenters. The largest absolute Gasteiger partial charge is 0.320 e. The Morgan fingerprint density at radius 2 is 1.70 bits per heavy atom. The van der Waals surface area contributed by atoms with Crippen LogP contribution in [0, 0.1) is 13.8 Å². The van der Waals surface area contributed by atoms with Gasteiger partial charge in [0.05, 0.1) is 0 Å². The van der Waals surface area contributed by atoms with Crippen LogP contribution in [0.25, 0.3) is 0 Å². The second kappa shape index (κ2) is 7.83. The zero-order valence-corrected chi connectivity index (χ0v) is 15.6. The van der Waals surface area contributed by atoms with Gasteiger partial charge < -0.3 is 10.2 Å². The zero-order valence-electron chi connectivity index (χ0n) is 15.6. The molecule has 1 N–H and O–H groups in total. The average Bonchev–Trinajstić information content (AvgIpc) is 2.71. The van der Waals surface area contributed by atoms with Crippen molar-refractivity contribution < 1.29 is 9.59 Å². The van der Waals surface area contributed by atoms with Crippen LogP contribution in [0.5, 0.6) is 0 Å². The van der Waals surface area contributed by atoms with E-state index in [2.05, 4.69) is 10.3 Å². The quantitative estimate of drug-likeness (QED) is 0.758. The van der Waals surface area contributed by atoms with E-state index in [0.717, 1.165) is 22.5 Å². The van der Waals surface area contributed by atoms with Gasteiger partial charge in [-0.15, -0.1) is 0 Å². The summed E-state index contributed by atoms with van der Waals surface area (Å²) in [5, 5.41) is 2.87. The summed E-state index contributed by atoms with van der Waals surface area (Å²) in [7, 11) is 1.70. The molecule has 3 rings (SSSR count). The molecular formula is C22H21N3O2. The predicted octanol–water partition coefficient (Wildman–Crippen LogP) is 4.23. The molecular weight excluding hydrogens is 338 g/mol. The zero-order chi connectivity index (χ0) is 19.4. The first kappa shape index (κ1) is 18.3. The van der Waals surface area contributed by atoms with Gasteiger partial charge in [-0.3, -0.25) is 14.6 Å². The van der Waals surface area contributed by atoms with E-state index < -0.39 is 0 Å². The van der Waals surface area contributed by atoms with Gasteiger partial charge in [0, 0.05) is 30.2 Å². The first-order valence-corrected chi connectivity index (χ1v) is 8.64. The number of amides is 2. The second-order valence-corrected chi connectivity index (χ2v) is 6.33. The number of nitrogens with zero attached hydrogens (tertiary/aromatic N) is 2. The van der Waals surface area contributed by atoms with E-state index >= 15 is 0 Å². The summed E-state index contributed by atoms with van der Waals surface area (Å²) in [6.07, 6.45) is 1.48. The number of anilines is 2. The highest BCUT2D eigenvalue weighted by molar-refractivity contribution is 6.08. The maximum atomic E-state index is 12.7. The average molecular weight is 359 g/mol. The van der Waals surface area contributed by atoms with Crippen molar-refractivity contribution in [1.82, 2.24) is 4.98 Å². The molecule has 5 heteroatoms. The lowest BCUT2D eigenvalue weighted by Gasteiger charge is -2.17. The van der Waals surface area contributed by atoms with E-state index in [1.54, 1.807) is 18.0 Å². The third kappa shape index (κ3) is 4.03. The Balaban J connectivity index is 1.81. The number of rotatable bonds is 4. The van der Waals surface area contributed by atoms with Crippen LogP contribution in [-0.2, 0) is 0 Å². The van der Waals surface area contributed by atoms with Crippen LogP contribution in [0.4, 0.5) is 11.4 Å². The maximum absolute atomic E-state index is 12.7. The van der Waals surface area contributed by atoms with E-state index in [4.69, 9.17) is 0 Å². The van der Waals surface area contributed by atoms with Gasteiger partial charge in [0.1, 0.15) is 5.69 Å².